The predicted octanol–water partition coefficient (Wildman–Crippen LogP) is 1.56. The zero-order valence-electron chi connectivity index (χ0n) is 12.8. The van der Waals surface area contributed by atoms with Gasteiger partial charge in [0.25, 0.3) is 0 Å². The Balaban J connectivity index is 1.39. The molecule has 1 aromatic heterocycles. The molecule has 1 saturated carbocycles. The van der Waals surface area contributed by atoms with Crippen LogP contribution in [0.2, 0.25) is 0 Å². The van der Waals surface area contributed by atoms with Crippen LogP contribution in [-0.4, -0.2) is 66.6 Å². The zero-order valence-corrected chi connectivity index (χ0v) is 15.2. The van der Waals surface area contributed by atoms with Gasteiger partial charge in [-0.05, 0) is 40.6 Å². The van der Waals surface area contributed by atoms with E-state index in [1.165, 1.54) is 12.8 Å². The van der Waals surface area contributed by atoms with Gasteiger partial charge in [-0.3, -0.25) is 0 Å². The molecular weight excluding hydrogens is 382 g/mol. The molecule has 1 N–H and O–H groups in total. The van der Waals surface area contributed by atoms with Gasteiger partial charge in [0.1, 0.15) is 0 Å². The highest BCUT2D eigenvalue weighted by Gasteiger charge is 2.44. The number of anilines is 1. The summed E-state index contributed by atoms with van der Waals surface area (Å²) >= 11 is 4.95. The van der Waals surface area contributed by atoms with E-state index in [4.69, 9.17) is 4.74 Å². The second-order valence-corrected chi connectivity index (χ2v) is 8.65. The molecule has 2 saturated heterocycles. The number of nitrogens with zero attached hydrogens (tertiary/aromatic N) is 4. The number of fused-ring (bicyclic) bond motifs is 2. The van der Waals surface area contributed by atoms with E-state index in [0.717, 1.165) is 22.1 Å². The van der Waals surface area contributed by atoms with Crippen LogP contribution in [0.4, 0.5) is 9.93 Å². The van der Waals surface area contributed by atoms with Crippen molar-refractivity contribution in [1.29, 1.82) is 0 Å². The molecule has 0 spiro atoms. The van der Waals surface area contributed by atoms with Crippen LogP contribution in [0.5, 0.6) is 0 Å². The summed E-state index contributed by atoms with van der Waals surface area (Å²) < 4.78 is 6.14. The van der Waals surface area contributed by atoms with Gasteiger partial charge < -0.3 is 19.9 Å². The molecule has 3 aliphatic rings. The van der Waals surface area contributed by atoms with Crippen LogP contribution >= 0.6 is 27.3 Å². The number of rotatable bonds is 2. The number of halogens is 1. The smallest absolute Gasteiger partial charge is 0.317 e. The van der Waals surface area contributed by atoms with Gasteiger partial charge in [0.2, 0.25) is 5.13 Å². The van der Waals surface area contributed by atoms with Crippen LogP contribution < -0.4 is 10.2 Å². The molecule has 0 unspecified atom stereocenters. The zero-order chi connectivity index (χ0) is 15.8. The van der Waals surface area contributed by atoms with Gasteiger partial charge in [0.05, 0.1) is 13.2 Å². The minimum absolute atomic E-state index is 0.0716. The summed E-state index contributed by atoms with van der Waals surface area (Å²) in [4.78, 5) is 16.7. The number of carbonyl (C=O) groups excluding carboxylic acids is 1. The highest BCUT2D eigenvalue weighted by atomic mass is 79.9. The van der Waals surface area contributed by atoms with Crippen LogP contribution in [0.15, 0.2) is 3.92 Å². The van der Waals surface area contributed by atoms with Crippen molar-refractivity contribution in [3.63, 3.8) is 0 Å². The number of urea groups is 1. The van der Waals surface area contributed by atoms with Crippen LogP contribution in [0.3, 0.4) is 0 Å². The fraction of sp³-hybridized carbons (Fsp3) is 0.786. The van der Waals surface area contributed by atoms with Crippen LogP contribution in [0, 0.1) is 11.8 Å². The largest absolute Gasteiger partial charge is 0.378 e. The molecule has 2 bridgehead atoms. The van der Waals surface area contributed by atoms with E-state index in [2.05, 4.69) is 36.3 Å². The lowest BCUT2D eigenvalue weighted by Crippen LogP contribution is -2.56. The maximum atomic E-state index is 12.5. The lowest BCUT2D eigenvalue weighted by atomic mass is 9.92. The Labute approximate surface area is 147 Å². The number of piperidine rings is 1. The van der Waals surface area contributed by atoms with Crippen molar-refractivity contribution < 1.29 is 9.53 Å². The molecule has 3 fully saturated rings. The third kappa shape index (κ3) is 3.18. The molecule has 4 rings (SSSR count). The number of carbonyl (C=O) groups is 1. The quantitative estimate of drug-likeness (QED) is 0.813. The standard InChI is InChI=1S/C14H20BrN5O2S/c15-12-17-18-14(23-12)20-7-9-1-2-10(8-20)11(9)16-13(21)19-3-5-22-6-4-19/h9-11H,1-8H2,(H,16,21)/t9-,10+,11-. The van der Waals surface area contributed by atoms with Gasteiger partial charge >= 0.3 is 6.03 Å². The summed E-state index contributed by atoms with van der Waals surface area (Å²) in [5.74, 6) is 1.00. The Kier molecular flexibility index (Phi) is 4.42. The molecule has 2 aliphatic heterocycles. The van der Waals surface area contributed by atoms with Gasteiger partial charge in [-0.15, -0.1) is 10.2 Å². The summed E-state index contributed by atoms with van der Waals surface area (Å²) in [6, 6.07) is 0.361. The normalized spacial score (nSPS) is 30.6. The van der Waals surface area contributed by atoms with E-state index >= 15 is 0 Å². The number of morpholine rings is 1. The molecule has 3 heterocycles. The first kappa shape index (κ1) is 15.6. The van der Waals surface area contributed by atoms with Crippen molar-refractivity contribution >= 4 is 38.4 Å². The summed E-state index contributed by atoms with van der Waals surface area (Å²) in [5, 5.41) is 12.5. The average Bonchev–Trinajstić information content (AvgIpc) is 3.09. The van der Waals surface area contributed by atoms with Gasteiger partial charge in [0.15, 0.2) is 3.92 Å². The first-order chi connectivity index (χ1) is 11.2. The second kappa shape index (κ2) is 6.52. The predicted molar refractivity (Wildman–Crippen MR) is 90.7 cm³/mol. The number of amides is 2. The van der Waals surface area contributed by atoms with E-state index < -0.39 is 0 Å². The lowest BCUT2D eigenvalue weighted by molar-refractivity contribution is 0.0515. The van der Waals surface area contributed by atoms with Crippen molar-refractivity contribution in [1.82, 2.24) is 20.4 Å². The number of aromatic nitrogens is 2. The highest BCUT2D eigenvalue weighted by molar-refractivity contribution is 9.11. The molecule has 7 nitrogen and oxygen atoms in total. The summed E-state index contributed by atoms with van der Waals surface area (Å²) in [6.07, 6.45) is 2.35. The first-order valence-corrected chi connectivity index (χ1v) is 9.69. The molecule has 23 heavy (non-hydrogen) atoms. The number of ether oxygens (including phenoxy) is 1. The van der Waals surface area contributed by atoms with Gasteiger partial charge in [-0.25, -0.2) is 4.79 Å². The van der Waals surface area contributed by atoms with E-state index in [1.54, 1.807) is 11.3 Å². The molecule has 1 aliphatic carbocycles. The van der Waals surface area contributed by atoms with Crippen LogP contribution in [-0.2, 0) is 4.74 Å². The molecule has 0 radical (unpaired) electrons. The van der Waals surface area contributed by atoms with E-state index in [0.29, 0.717) is 38.1 Å². The molecular formula is C14H20BrN5O2S. The minimum Gasteiger partial charge on any atom is -0.378 e. The Morgan fingerprint density at radius 1 is 1.22 bits per heavy atom. The first-order valence-electron chi connectivity index (χ1n) is 8.08. The topological polar surface area (TPSA) is 70.6 Å². The molecule has 126 valence electrons. The lowest BCUT2D eigenvalue weighted by Gasteiger charge is -2.39. The van der Waals surface area contributed by atoms with Crippen molar-refractivity contribution in [3.8, 4) is 0 Å². The number of hydrogen-bond donors (Lipinski definition) is 1. The Hall–Kier alpha value is -0.930. The van der Waals surface area contributed by atoms with Crippen molar-refractivity contribution in [2.24, 2.45) is 11.8 Å². The van der Waals surface area contributed by atoms with Crippen molar-refractivity contribution in [2.45, 2.75) is 18.9 Å². The van der Waals surface area contributed by atoms with Gasteiger partial charge in [0, 0.05) is 32.2 Å². The molecule has 2 amide bonds. The van der Waals surface area contributed by atoms with E-state index in [-0.39, 0.29) is 12.1 Å². The molecule has 1 aromatic rings. The maximum absolute atomic E-state index is 12.5. The highest BCUT2D eigenvalue weighted by Crippen LogP contribution is 2.39. The fourth-order valence-corrected chi connectivity index (χ4v) is 5.05. The molecule has 0 aromatic carbocycles. The Morgan fingerprint density at radius 3 is 2.52 bits per heavy atom. The Bertz CT molecular complexity index is 565. The molecule has 3 atom stereocenters. The monoisotopic (exact) mass is 401 g/mol. The number of hydrogen-bond acceptors (Lipinski definition) is 6. The van der Waals surface area contributed by atoms with E-state index in [9.17, 15) is 4.79 Å². The van der Waals surface area contributed by atoms with Crippen LogP contribution in [0.1, 0.15) is 12.8 Å². The van der Waals surface area contributed by atoms with Crippen LogP contribution in [0.25, 0.3) is 0 Å². The Morgan fingerprint density at radius 2 is 1.91 bits per heavy atom. The number of nitrogens with one attached hydrogen (secondary N) is 1. The fourth-order valence-electron chi connectivity index (χ4n) is 3.94. The molecule has 9 heteroatoms. The van der Waals surface area contributed by atoms with Crippen molar-refractivity contribution in [2.75, 3.05) is 44.3 Å². The SMILES string of the molecule is O=C(N[C@@H]1[C@@H]2CC[C@H]1CN(c1nnc(Br)s1)C2)N1CCOCC1. The van der Waals surface area contributed by atoms with Gasteiger partial charge in [-0.1, -0.05) is 11.3 Å². The third-order valence-corrected chi connectivity index (χ3v) is 6.50. The van der Waals surface area contributed by atoms with E-state index in [1.807, 2.05) is 4.90 Å². The summed E-state index contributed by atoms with van der Waals surface area (Å²) in [5.41, 5.74) is 0. The third-order valence-electron chi connectivity index (χ3n) is 5.08. The summed E-state index contributed by atoms with van der Waals surface area (Å²) in [6.45, 7) is 4.57. The van der Waals surface area contributed by atoms with Gasteiger partial charge in [-0.2, -0.15) is 0 Å². The summed E-state index contributed by atoms with van der Waals surface area (Å²) in [7, 11) is 0. The minimum atomic E-state index is 0.0716. The second-order valence-electron chi connectivity index (χ2n) is 6.41. The maximum Gasteiger partial charge on any atom is 0.317 e. The van der Waals surface area contributed by atoms with Crippen molar-refractivity contribution in [3.05, 3.63) is 3.92 Å². The average molecular weight is 402 g/mol.